The van der Waals surface area contributed by atoms with E-state index in [1.165, 1.54) is 0 Å². The second-order valence-corrected chi connectivity index (χ2v) is 11.0. The lowest BCUT2D eigenvalue weighted by Gasteiger charge is -2.30. The van der Waals surface area contributed by atoms with Crippen molar-refractivity contribution in [1.29, 1.82) is 0 Å². The van der Waals surface area contributed by atoms with Gasteiger partial charge in [-0.05, 0) is 36.7 Å². The molecule has 1 unspecified atom stereocenters. The largest absolute Gasteiger partial charge is 0.385 e. The quantitative estimate of drug-likeness (QED) is 0.371. The molecule has 0 radical (unpaired) electrons. The summed E-state index contributed by atoms with van der Waals surface area (Å²) in [5.41, 5.74) is 2.64. The highest BCUT2D eigenvalue weighted by atomic mass is 32.2. The fourth-order valence-corrected chi connectivity index (χ4v) is 6.13. The van der Waals surface area contributed by atoms with Gasteiger partial charge in [0.2, 0.25) is 17.8 Å². The van der Waals surface area contributed by atoms with Crippen LogP contribution in [0.5, 0.6) is 0 Å². The number of methoxy groups -OCH3 is 1. The predicted molar refractivity (Wildman–Crippen MR) is 162 cm³/mol. The molecular weight excluding hydrogens is 528 g/mol. The Balaban J connectivity index is 1.35. The number of carbonyl (C=O) groups is 2. The Hall–Kier alpha value is -2.99. The molecule has 2 atom stereocenters. The summed E-state index contributed by atoms with van der Waals surface area (Å²) in [5, 5.41) is 9.35. The Labute approximate surface area is 240 Å². The average molecular weight is 569 g/mol. The smallest absolute Gasteiger partial charge is 0.236 e. The van der Waals surface area contributed by atoms with Gasteiger partial charge in [-0.1, -0.05) is 25.1 Å². The van der Waals surface area contributed by atoms with Crippen LogP contribution in [0.15, 0.2) is 56.9 Å². The number of nitrogens with one attached hydrogen (secondary N) is 3. The molecule has 0 aliphatic carbocycles. The summed E-state index contributed by atoms with van der Waals surface area (Å²) < 4.78 is 10.5. The standard InChI is InChI=1S/C29H40N6O4S/c1-21-24-20-32-29(31-12-4-3-9-25(24)40-27(21)28(37)35-14-17-39-18-15-35)34-23-8-5-7-22(19-23)33-26(36)10-13-30-11-6-16-38-2/h3,5,7-9,12,19,21,27,30H,4,6,10-11,13-18,20H2,1-2H3,(H,32,34)(H,33,36)/b9-3-,31-12?/t21-,27?/m0/s1. The van der Waals surface area contributed by atoms with Gasteiger partial charge in [0.1, 0.15) is 0 Å². The minimum absolute atomic E-state index is 0.0504. The first kappa shape index (κ1) is 30.0. The van der Waals surface area contributed by atoms with Crippen LogP contribution in [-0.4, -0.2) is 93.8 Å². The predicted octanol–water partition coefficient (Wildman–Crippen LogP) is 3.30. The molecule has 0 saturated carbocycles. The molecule has 10 nitrogen and oxygen atoms in total. The zero-order valence-electron chi connectivity index (χ0n) is 23.4. The van der Waals surface area contributed by atoms with Gasteiger partial charge < -0.3 is 30.3 Å². The Morgan fingerprint density at radius 2 is 2.02 bits per heavy atom. The van der Waals surface area contributed by atoms with Crippen LogP contribution in [0.3, 0.4) is 0 Å². The van der Waals surface area contributed by atoms with Crippen molar-refractivity contribution in [1.82, 2.24) is 10.2 Å². The number of thioether (sulfide) groups is 1. The van der Waals surface area contributed by atoms with E-state index >= 15 is 0 Å². The number of anilines is 2. The number of morpholine rings is 1. The highest BCUT2D eigenvalue weighted by molar-refractivity contribution is 8.04. The van der Waals surface area contributed by atoms with Gasteiger partial charge in [-0.2, -0.15) is 0 Å². The number of nitrogens with zero attached hydrogens (tertiary/aromatic N) is 3. The van der Waals surface area contributed by atoms with Crippen LogP contribution in [-0.2, 0) is 19.1 Å². The van der Waals surface area contributed by atoms with E-state index in [0.717, 1.165) is 29.1 Å². The third-order valence-electron chi connectivity index (χ3n) is 6.90. The first-order chi connectivity index (χ1) is 19.5. The van der Waals surface area contributed by atoms with Crippen molar-refractivity contribution in [2.75, 3.05) is 70.3 Å². The molecule has 0 aromatic heterocycles. The van der Waals surface area contributed by atoms with Crippen molar-refractivity contribution in [2.24, 2.45) is 15.9 Å². The van der Waals surface area contributed by atoms with Crippen molar-refractivity contribution in [2.45, 2.75) is 31.4 Å². The summed E-state index contributed by atoms with van der Waals surface area (Å²) in [5.74, 6) is 0.689. The van der Waals surface area contributed by atoms with Gasteiger partial charge in [-0.25, -0.2) is 9.98 Å². The normalized spacial score (nSPS) is 21.9. The van der Waals surface area contributed by atoms with Gasteiger partial charge in [0, 0.05) is 74.6 Å². The van der Waals surface area contributed by atoms with Gasteiger partial charge >= 0.3 is 0 Å². The van der Waals surface area contributed by atoms with Crippen LogP contribution in [0.4, 0.5) is 11.4 Å². The number of rotatable bonds is 10. The molecule has 3 aliphatic heterocycles. The SMILES string of the molecule is COCCCNCCC(=O)Nc1cccc(NC2=NCC3=C(/C=C\CC=N2)SC(C(=O)N2CCOCC2)[C@H]3C)c1. The lowest BCUT2D eigenvalue weighted by atomic mass is 9.96. The summed E-state index contributed by atoms with van der Waals surface area (Å²) in [4.78, 5) is 38.0. The van der Waals surface area contributed by atoms with E-state index in [-0.39, 0.29) is 23.0 Å². The molecule has 1 aromatic rings. The Morgan fingerprint density at radius 1 is 1.20 bits per heavy atom. The fraction of sp³-hybridized carbons (Fsp3) is 0.517. The Kier molecular flexibility index (Phi) is 11.8. The number of allylic oxidation sites excluding steroid dienone is 2. The number of amides is 2. The molecule has 3 N–H and O–H groups in total. The van der Waals surface area contributed by atoms with Gasteiger partial charge in [0.05, 0.1) is 25.0 Å². The minimum Gasteiger partial charge on any atom is -0.385 e. The lowest BCUT2D eigenvalue weighted by Crippen LogP contribution is -2.45. The van der Waals surface area contributed by atoms with Gasteiger partial charge in [-0.3, -0.25) is 9.59 Å². The van der Waals surface area contributed by atoms with Crippen molar-refractivity contribution < 1.29 is 19.1 Å². The van der Waals surface area contributed by atoms with E-state index in [0.29, 0.717) is 70.5 Å². The number of ether oxygens (including phenoxy) is 2. The number of hydrogen-bond acceptors (Lipinski definition) is 9. The highest BCUT2D eigenvalue weighted by Gasteiger charge is 2.38. The van der Waals surface area contributed by atoms with Gasteiger partial charge in [0.25, 0.3) is 0 Å². The van der Waals surface area contributed by atoms with Crippen LogP contribution < -0.4 is 16.0 Å². The second-order valence-electron chi connectivity index (χ2n) is 9.84. The first-order valence-corrected chi connectivity index (χ1v) is 14.8. The number of benzene rings is 1. The van der Waals surface area contributed by atoms with E-state index in [1.54, 1.807) is 18.9 Å². The number of guanidine groups is 1. The Bertz CT molecular complexity index is 1150. The first-order valence-electron chi connectivity index (χ1n) is 13.9. The van der Waals surface area contributed by atoms with E-state index in [2.05, 4.69) is 40.0 Å². The summed E-state index contributed by atoms with van der Waals surface area (Å²) in [7, 11) is 1.68. The minimum atomic E-state index is -0.151. The van der Waals surface area contributed by atoms with Crippen molar-refractivity contribution in [3.8, 4) is 0 Å². The van der Waals surface area contributed by atoms with E-state index in [1.807, 2.05) is 35.4 Å². The molecule has 0 bridgehead atoms. The molecule has 4 rings (SSSR count). The summed E-state index contributed by atoms with van der Waals surface area (Å²) in [6, 6.07) is 7.53. The second kappa shape index (κ2) is 15.7. The molecule has 216 valence electrons. The maximum absolute atomic E-state index is 13.3. The molecule has 3 heterocycles. The third kappa shape index (κ3) is 8.76. The molecule has 1 aromatic carbocycles. The number of carbonyl (C=O) groups excluding carboxylic acids is 2. The van der Waals surface area contributed by atoms with Gasteiger partial charge in [-0.15, -0.1) is 11.8 Å². The average Bonchev–Trinajstić information content (AvgIpc) is 3.28. The third-order valence-corrected chi connectivity index (χ3v) is 8.41. The molecule has 0 spiro atoms. The topological polar surface area (TPSA) is 117 Å². The van der Waals surface area contributed by atoms with Crippen LogP contribution in [0.1, 0.15) is 26.2 Å². The van der Waals surface area contributed by atoms with Gasteiger partial charge in [0.15, 0.2) is 0 Å². The van der Waals surface area contributed by atoms with Crippen molar-refractivity contribution >= 4 is 47.1 Å². The molecular formula is C29H40N6O4S. The zero-order chi connectivity index (χ0) is 28.2. The summed E-state index contributed by atoms with van der Waals surface area (Å²) >= 11 is 1.64. The molecule has 1 saturated heterocycles. The van der Waals surface area contributed by atoms with Crippen LogP contribution in [0, 0.1) is 5.92 Å². The monoisotopic (exact) mass is 568 g/mol. The van der Waals surface area contributed by atoms with Crippen molar-refractivity contribution in [3.63, 3.8) is 0 Å². The summed E-state index contributed by atoms with van der Waals surface area (Å²) in [6.07, 6.45) is 7.95. The van der Waals surface area contributed by atoms with Crippen molar-refractivity contribution in [3.05, 3.63) is 46.9 Å². The number of hydrogen-bond donors (Lipinski definition) is 3. The van der Waals surface area contributed by atoms with Crippen LogP contribution in [0.25, 0.3) is 0 Å². The molecule has 3 aliphatic rings. The molecule has 11 heteroatoms. The molecule has 1 fully saturated rings. The van der Waals surface area contributed by atoms with E-state index in [9.17, 15) is 9.59 Å². The zero-order valence-corrected chi connectivity index (χ0v) is 24.2. The maximum atomic E-state index is 13.3. The summed E-state index contributed by atoms with van der Waals surface area (Å²) in [6.45, 7) is 7.19. The molecule has 2 amide bonds. The van der Waals surface area contributed by atoms with Crippen LogP contribution in [0.2, 0.25) is 0 Å². The van der Waals surface area contributed by atoms with E-state index in [4.69, 9.17) is 14.5 Å². The number of aliphatic imine (C=N–C) groups is 2. The van der Waals surface area contributed by atoms with Crippen LogP contribution >= 0.6 is 11.8 Å². The fourth-order valence-electron chi connectivity index (χ4n) is 4.66. The maximum Gasteiger partial charge on any atom is 0.236 e. The molecule has 40 heavy (non-hydrogen) atoms. The lowest BCUT2D eigenvalue weighted by molar-refractivity contribution is -0.135. The Morgan fingerprint density at radius 3 is 2.85 bits per heavy atom. The highest BCUT2D eigenvalue weighted by Crippen LogP contribution is 2.44. The van der Waals surface area contributed by atoms with E-state index < -0.39 is 0 Å².